The van der Waals surface area contributed by atoms with Gasteiger partial charge in [-0.1, -0.05) is 29.8 Å². The lowest BCUT2D eigenvalue weighted by Crippen LogP contribution is -2.30. The monoisotopic (exact) mass is 285 g/mol. The molecule has 0 bridgehead atoms. The van der Waals surface area contributed by atoms with E-state index in [9.17, 15) is 5.11 Å². The minimum absolute atomic E-state index is 0.436. The standard InChI is InChI=1S/C18H23NO2/c1-14-5-2-6-15(11-14)13-19-9-3-7-16(19)12-17(20)18-8-4-10-21-18/h2,4-6,8,10-11,16-17,20H,3,7,9,12-13H2,1H3. The van der Waals surface area contributed by atoms with E-state index in [2.05, 4.69) is 36.1 Å². The highest BCUT2D eigenvalue weighted by atomic mass is 16.4. The van der Waals surface area contributed by atoms with Gasteiger partial charge in [-0.05, 0) is 50.4 Å². The SMILES string of the molecule is Cc1cccc(CN2CCCC2CC(O)c2ccco2)c1. The maximum Gasteiger partial charge on any atom is 0.132 e. The van der Waals surface area contributed by atoms with Gasteiger partial charge in [-0.3, -0.25) is 4.90 Å². The molecule has 3 heteroatoms. The van der Waals surface area contributed by atoms with Crippen molar-refractivity contribution in [1.29, 1.82) is 0 Å². The summed E-state index contributed by atoms with van der Waals surface area (Å²) in [4.78, 5) is 2.49. The minimum Gasteiger partial charge on any atom is -0.467 e. The number of furan rings is 1. The summed E-state index contributed by atoms with van der Waals surface area (Å²) in [7, 11) is 0. The lowest BCUT2D eigenvalue weighted by molar-refractivity contribution is 0.0995. The van der Waals surface area contributed by atoms with Crippen LogP contribution >= 0.6 is 0 Å². The molecule has 112 valence electrons. The Kier molecular flexibility index (Phi) is 4.42. The molecular weight excluding hydrogens is 262 g/mol. The second-order valence-corrected chi connectivity index (χ2v) is 6.02. The third-order valence-electron chi connectivity index (χ3n) is 4.33. The molecule has 1 N–H and O–H groups in total. The van der Waals surface area contributed by atoms with E-state index < -0.39 is 6.10 Å². The van der Waals surface area contributed by atoms with Crippen molar-refractivity contribution < 1.29 is 9.52 Å². The molecule has 1 aromatic carbocycles. The van der Waals surface area contributed by atoms with Crippen molar-refractivity contribution in [1.82, 2.24) is 4.90 Å². The lowest BCUT2D eigenvalue weighted by Gasteiger charge is -2.26. The van der Waals surface area contributed by atoms with Gasteiger partial charge < -0.3 is 9.52 Å². The predicted molar refractivity (Wildman–Crippen MR) is 82.9 cm³/mol. The molecule has 2 heterocycles. The number of rotatable bonds is 5. The number of aryl methyl sites for hydroxylation is 1. The highest BCUT2D eigenvalue weighted by Gasteiger charge is 2.27. The largest absolute Gasteiger partial charge is 0.467 e. The van der Waals surface area contributed by atoms with Crippen LogP contribution in [0.5, 0.6) is 0 Å². The number of aliphatic hydroxyl groups excluding tert-OH is 1. The van der Waals surface area contributed by atoms with Crippen molar-refractivity contribution in [2.75, 3.05) is 6.54 Å². The van der Waals surface area contributed by atoms with E-state index in [4.69, 9.17) is 4.42 Å². The second-order valence-electron chi connectivity index (χ2n) is 6.02. The molecule has 0 radical (unpaired) electrons. The smallest absolute Gasteiger partial charge is 0.132 e. The Bertz CT molecular complexity index is 564. The zero-order chi connectivity index (χ0) is 14.7. The van der Waals surface area contributed by atoms with E-state index in [1.54, 1.807) is 6.26 Å². The van der Waals surface area contributed by atoms with Crippen LogP contribution in [0.2, 0.25) is 0 Å². The molecule has 1 saturated heterocycles. The topological polar surface area (TPSA) is 36.6 Å². The summed E-state index contributed by atoms with van der Waals surface area (Å²) in [5, 5.41) is 10.3. The first kappa shape index (κ1) is 14.4. The van der Waals surface area contributed by atoms with Gasteiger partial charge in [0, 0.05) is 12.6 Å². The molecule has 1 aliphatic heterocycles. The molecule has 1 fully saturated rings. The molecule has 3 rings (SSSR count). The molecule has 0 spiro atoms. The Balaban J connectivity index is 1.63. The fraction of sp³-hybridized carbons (Fsp3) is 0.444. The molecule has 2 aromatic rings. The van der Waals surface area contributed by atoms with Gasteiger partial charge in [0.15, 0.2) is 0 Å². The Morgan fingerprint density at radius 2 is 2.24 bits per heavy atom. The van der Waals surface area contributed by atoms with Crippen LogP contribution in [0.15, 0.2) is 47.1 Å². The first-order chi connectivity index (χ1) is 10.2. The van der Waals surface area contributed by atoms with Gasteiger partial charge in [0.25, 0.3) is 0 Å². The van der Waals surface area contributed by atoms with Crippen molar-refractivity contribution in [3.63, 3.8) is 0 Å². The molecule has 3 nitrogen and oxygen atoms in total. The van der Waals surface area contributed by atoms with Gasteiger partial charge in [-0.25, -0.2) is 0 Å². The van der Waals surface area contributed by atoms with E-state index in [0.717, 1.165) is 25.9 Å². The Morgan fingerprint density at radius 3 is 3.00 bits per heavy atom. The molecule has 2 unspecified atom stereocenters. The molecule has 1 aromatic heterocycles. The predicted octanol–water partition coefficient (Wildman–Crippen LogP) is 3.68. The zero-order valence-corrected chi connectivity index (χ0v) is 12.5. The van der Waals surface area contributed by atoms with Crippen LogP contribution in [0, 0.1) is 6.92 Å². The fourth-order valence-corrected chi connectivity index (χ4v) is 3.27. The Labute approximate surface area is 126 Å². The quantitative estimate of drug-likeness (QED) is 0.910. The first-order valence-electron chi connectivity index (χ1n) is 7.73. The second kappa shape index (κ2) is 6.46. The number of hydrogen-bond acceptors (Lipinski definition) is 3. The number of aliphatic hydroxyl groups is 1. The van der Waals surface area contributed by atoms with Crippen LogP contribution in [0.1, 0.15) is 42.3 Å². The summed E-state index contributed by atoms with van der Waals surface area (Å²) in [5.74, 6) is 0.678. The molecule has 0 saturated carbocycles. The minimum atomic E-state index is -0.497. The number of likely N-dealkylation sites (tertiary alicyclic amines) is 1. The van der Waals surface area contributed by atoms with Crippen LogP contribution in [-0.4, -0.2) is 22.6 Å². The number of hydrogen-bond donors (Lipinski definition) is 1. The first-order valence-corrected chi connectivity index (χ1v) is 7.73. The number of nitrogens with zero attached hydrogens (tertiary/aromatic N) is 1. The van der Waals surface area contributed by atoms with Crippen LogP contribution in [0.3, 0.4) is 0 Å². The third-order valence-corrected chi connectivity index (χ3v) is 4.33. The Morgan fingerprint density at radius 1 is 1.33 bits per heavy atom. The van der Waals surface area contributed by atoms with Gasteiger partial charge in [0.1, 0.15) is 11.9 Å². The maximum absolute atomic E-state index is 10.3. The van der Waals surface area contributed by atoms with Crippen LogP contribution in [0.25, 0.3) is 0 Å². The summed E-state index contributed by atoms with van der Waals surface area (Å²) < 4.78 is 5.31. The van der Waals surface area contributed by atoms with Gasteiger partial charge in [0.05, 0.1) is 6.26 Å². The number of benzene rings is 1. The van der Waals surface area contributed by atoms with Crippen molar-refractivity contribution in [3.8, 4) is 0 Å². The average Bonchev–Trinajstić information content (AvgIpc) is 3.11. The average molecular weight is 285 g/mol. The van der Waals surface area contributed by atoms with E-state index in [0.29, 0.717) is 11.8 Å². The van der Waals surface area contributed by atoms with E-state index in [1.165, 1.54) is 17.5 Å². The third kappa shape index (κ3) is 3.55. The molecule has 0 aliphatic carbocycles. The van der Waals surface area contributed by atoms with Gasteiger partial charge in [0.2, 0.25) is 0 Å². The summed E-state index contributed by atoms with van der Waals surface area (Å²) in [6.45, 7) is 4.21. The molecule has 21 heavy (non-hydrogen) atoms. The van der Waals surface area contributed by atoms with Crippen LogP contribution in [0.4, 0.5) is 0 Å². The van der Waals surface area contributed by atoms with Crippen molar-refractivity contribution >= 4 is 0 Å². The van der Waals surface area contributed by atoms with E-state index in [-0.39, 0.29) is 0 Å². The summed E-state index contributed by atoms with van der Waals surface area (Å²) in [6.07, 6.45) is 4.24. The maximum atomic E-state index is 10.3. The van der Waals surface area contributed by atoms with Crippen molar-refractivity contribution in [3.05, 3.63) is 59.5 Å². The van der Waals surface area contributed by atoms with Gasteiger partial charge >= 0.3 is 0 Å². The van der Waals surface area contributed by atoms with Gasteiger partial charge in [-0.2, -0.15) is 0 Å². The highest BCUT2D eigenvalue weighted by Crippen LogP contribution is 2.28. The Hall–Kier alpha value is -1.58. The summed E-state index contributed by atoms with van der Waals surface area (Å²) in [5.41, 5.74) is 2.66. The van der Waals surface area contributed by atoms with Crippen LogP contribution in [-0.2, 0) is 6.54 Å². The van der Waals surface area contributed by atoms with Crippen LogP contribution < -0.4 is 0 Å². The molecular formula is C18H23NO2. The highest BCUT2D eigenvalue weighted by molar-refractivity contribution is 5.22. The van der Waals surface area contributed by atoms with Gasteiger partial charge in [-0.15, -0.1) is 0 Å². The van der Waals surface area contributed by atoms with Crippen molar-refractivity contribution in [2.24, 2.45) is 0 Å². The molecule has 2 atom stereocenters. The zero-order valence-electron chi connectivity index (χ0n) is 12.5. The van der Waals surface area contributed by atoms with E-state index in [1.807, 2.05) is 12.1 Å². The normalized spacial score (nSPS) is 20.8. The summed E-state index contributed by atoms with van der Waals surface area (Å²) >= 11 is 0. The molecule has 1 aliphatic rings. The fourth-order valence-electron chi connectivity index (χ4n) is 3.27. The molecule has 0 amide bonds. The lowest BCUT2D eigenvalue weighted by atomic mass is 10.0. The van der Waals surface area contributed by atoms with E-state index >= 15 is 0 Å². The summed E-state index contributed by atoms with van der Waals surface area (Å²) in [6, 6.07) is 12.8. The van der Waals surface area contributed by atoms with Crippen molar-refractivity contribution in [2.45, 2.75) is 44.9 Å².